The third kappa shape index (κ3) is 1.74. The maximum atomic E-state index is 11.4. The number of imide groups is 1. The summed E-state index contributed by atoms with van der Waals surface area (Å²) in [7, 11) is 0. The number of carbonyl (C=O) groups excluding carboxylic acids is 2. The SMILES string of the molecule is Nc1noc2ccc(C=C3SC(=O)NC3=O)cc12. The Morgan fingerprint density at radius 2 is 2.22 bits per heavy atom. The van der Waals surface area contributed by atoms with Crippen molar-refractivity contribution in [3.63, 3.8) is 0 Å². The number of anilines is 1. The molecule has 1 aliphatic rings. The topological polar surface area (TPSA) is 98.2 Å². The van der Waals surface area contributed by atoms with Crippen LogP contribution in [0.25, 0.3) is 17.0 Å². The highest BCUT2D eigenvalue weighted by Crippen LogP contribution is 2.27. The number of nitrogens with two attached hydrogens (primary N) is 1. The summed E-state index contributed by atoms with van der Waals surface area (Å²) in [5.74, 6) is -0.0896. The van der Waals surface area contributed by atoms with Crippen molar-refractivity contribution in [2.45, 2.75) is 0 Å². The Hall–Kier alpha value is -2.28. The number of hydrogen-bond acceptors (Lipinski definition) is 6. The van der Waals surface area contributed by atoms with Gasteiger partial charge in [-0.1, -0.05) is 11.2 Å². The molecule has 1 aliphatic heterocycles. The van der Waals surface area contributed by atoms with E-state index in [1.807, 2.05) is 0 Å². The average Bonchev–Trinajstić information content (AvgIpc) is 2.84. The summed E-state index contributed by atoms with van der Waals surface area (Å²) in [6.45, 7) is 0. The second-order valence-corrected chi connectivity index (χ2v) is 4.69. The van der Waals surface area contributed by atoms with Gasteiger partial charge in [0.1, 0.15) is 0 Å². The van der Waals surface area contributed by atoms with Crippen LogP contribution < -0.4 is 11.1 Å². The van der Waals surface area contributed by atoms with Crippen LogP contribution in [-0.4, -0.2) is 16.3 Å². The lowest BCUT2D eigenvalue weighted by Gasteiger charge is -1.95. The van der Waals surface area contributed by atoms with Crippen LogP contribution in [-0.2, 0) is 4.79 Å². The summed E-state index contributed by atoms with van der Waals surface area (Å²) in [4.78, 5) is 22.8. The first kappa shape index (κ1) is 10.8. The zero-order valence-corrected chi connectivity index (χ0v) is 9.78. The van der Waals surface area contributed by atoms with Crippen LogP contribution >= 0.6 is 11.8 Å². The Balaban J connectivity index is 2.04. The highest BCUT2D eigenvalue weighted by Gasteiger charge is 2.24. The minimum Gasteiger partial charge on any atom is -0.380 e. The first-order chi connectivity index (χ1) is 8.63. The number of hydrogen-bond donors (Lipinski definition) is 2. The predicted octanol–water partition coefficient (Wildman–Crippen LogP) is 1.73. The Bertz CT molecular complexity index is 705. The Labute approximate surface area is 105 Å². The molecule has 3 N–H and O–H groups in total. The molecule has 1 aromatic carbocycles. The van der Waals surface area contributed by atoms with Gasteiger partial charge in [-0.05, 0) is 35.5 Å². The maximum Gasteiger partial charge on any atom is 0.290 e. The summed E-state index contributed by atoms with van der Waals surface area (Å²) in [6.07, 6.45) is 1.62. The molecule has 1 saturated heterocycles. The van der Waals surface area contributed by atoms with E-state index in [9.17, 15) is 9.59 Å². The van der Waals surface area contributed by atoms with Crippen LogP contribution in [0.4, 0.5) is 10.6 Å². The lowest BCUT2D eigenvalue weighted by Crippen LogP contribution is -2.17. The molecule has 0 spiro atoms. The molecule has 0 aliphatic carbocycles. The van der Waals surface area contributed by atoms with Crippen molar-refractivity contribution in [1.29, 1.82) is 0 Å². The van der Waals surface area contributed by atoms with Crippen molar-refractivity contribution >= 4 is 45.8 Å². The standard InChI is InChI=1S/C11H7N3O3S/c12-9-6-3-5(1-2-7(6)17-14-9)4-8-10(15)13-11(16)18-8/h1-4H,(H2,12,14)(H,13,15,16). The first-order valence-electron chi connectivity index (χ1n) is 5.03. The predicted molar refractivity (Wildman–Crippen MR) is 67.5 cm³/mol. The molecule has 18 heavy (non-hydrogen) atoms. The first-order valence-corrected chi connectivity index (χ1v) is 5.85. The van der Waals surface area contributed by atoms with E-state index in [4.69, 9.17) is 10.3 Å². The molecule has 3 rings (SSSR count). The van der Waals surface area contributed by atoms with E-state index in [0.717, 1.165) is 17.3 Å². The van der Waals surface area contributed by atoms with E-state index in [1.54, 1.807) is 24.3 Å². The van der Waals surface area contributed by atoms with Crippen molar-refractivity contribution in [1.82, 2.24) is 10.5 Å². The number of rotatable bonds is 1. The molecule has 0 atom stereocenters. The van der Waals surface area contributed by atoms with Gasteiger partial charge in [0.2, 0.25) is 0 Å². The number of fused-ring (bicyclic) bond motifs is 1. The van der Waals surface area contributed by atoms with Gasteiger partial charge in [-0.25, -0.2) is 0 Å². The summed E-state index contributed by atoms with van der Waals surface area (Å²) < 4.78 is 4.98. The second-order valence-electron chi connectivity index (χ2n) is 3.68. The van der Waals surface area contributed by atoms with E-state index < -0.39 is 0 Å². The molecule has 7 heteroatoms. The number of nitrogen functional groups attached to an aromatic ring is 1. The van der Waals surface area contributed by atoms with Crippen molar-refractivity contribution in [2.24, 2.45) is 0 Å². The number of nitrogens with one attached hydrogen (secondary N) is 1. The van der Waals surface area contributed by atoms with Gasteiger partial charge in [-0.3, -0.25) is 14.9 Å². The second kappa shape index (κ2) is 3.88. The lowest BCUT2D eigenvalue weighted by molar-refractivity contribution is -0.115. The quantitative estimate of drug-likeness (QED) is 0.758. The van der Waals surface area contributed by atoms with Gasteiger partial charge in [0.15, 0.2) is 11.4 Å². The van der Waals surface area contributed by atoms with Crippen LogP contribution in [0.15, 0.2) is 27.6 Å². The van der Waals surface area contributed by atoms with Gasteiger partial charge in [0, 0.05) is 0 Å². The third-order valence-electron chi connectivity index (χ3n) is 2.46. The van der Waals surface area contributed by atoms with Crippen molar-refractivity contribution in [2.75, 3.05) is 5.73 Å². The van der Waals surface area contributed by atoms with E-state index in [2.05, 4.69) is 10.5 Å². The van der Waals surface area contributed by atoms with Crippen molar-refractivity contribution in [3.8, 4) is 0 Å². The molecule has 2 heterocycles. The maximum absolute atomic E-state index is 11.4. The number of nitrogens with zero attached hydrogens (tertiary/aromatic N) is 1. The summed E-state index contributed by atoms with van der Waals surface area (Å²) >= 11 is 0.871. The Kier molecular flexibility index (Phi) is 2.34. The molecule has 2 aromatic rings. The number of amides is 2. The van der Waals surface area contributed by atoms with Gasteiger partial charge >= 0.3 is 0 Å². The van der Waals surface area contributed by atoms with Crippen molar-refractivity contribution < 1.29 is 14.1 Å². The molecule has 2 amide bonds. The lowest BCUT2D eigenvalue weighted by atomic mass is 10.1. The monoisotopic (exact) mass is 261 g/mol. The fraction of sp³-hybridized carbons (Fsp3) is 0. The van der Waals surface area contributed by atoms with Crippen LogP contribution in [0.3, 0.4) is 0 Å². The molecule has 1 aromatic heterocycles. The highest BCUT2D eigenvalue weighted by molar-refractivity contribution is 8.18. The number of carbonyl (C=O) groups is 2. The van der Waals surface area contributed by atoms with Crippen LogP contribution in [0, 0.1) is 0 Å². The van der Waals surface area contributed by atoms with E-state index in [-0.39, 0.29) is 11.1 Å². The van der Waals surface area contributed by atoms with Gasteiger partial charge in [0.05, 0.1) is 10.3 Å². The molecule has 0 saturated carbocycles. The number of benzene rings is 1. The zero-order valence-electron chi connectivity index (χ0n) is 8.97. The molecule has 0 bridgehead atoms. The molecule has 6 nitrogen and oxygen atoms in total. The molecular formula is C11H7N3O3S. The minimum atomic E-state index is -0.386. The van der Waals surface area contributed by atoms with E-state index in [0.29, 0.717) is 21.7 Å². The summed E-state index contributed by atoms with van der Waals surface area (Å²) in [6, 6.07) is 5.23. The molecule has 90 valence electrons. The Morgan fingerprint density at radius 1 is 1.39 bits per heavy atom. The van der Waals surface area contributed by atoms with Gasteiger partial charge in [-0.2, -0.15) is 0 Å². The number of thioether (sulfide) groups is 1. The largest absolute Gasteiger partial charge is 0.380 e. The number of aromatic nitrogens is 1. The van der Waals surface area contributed by atoms with Gasteiger partial charge in [0.25, 0.3) is 11.1 Å². The fourth-order valence-corrected chi connectivity index (χ4v) is 2.32. The smallest absolute Gasteiger partial charge is 0.290 e. The van der Waals surface area contributed by atoms with Crippen LogP contribution in [0.5, 0.6) is 0 Å². The van der Waals surface area contributed by atoms with Gasteiger partial charge in [-0.15, -0.1) is 0 Å². The van der Waals surface area contributed by atoms with Crippen LogP contribution in [0.1, 0.15) is 5.56 Å². The van der Waals surface area contributed by atoms with E-state index >= 15 is 0 Å². The average molecular weight is 261 g/mol. The molecular weight excluding hydrogens is 254 g/mol. The van der Waals surface area contributed by atoms with Crippen LogP contribution in [0.2, 0.25) is 0 Å². The van der Waals surface area contributed by atoms with E-state index in [1.165, 1.54) is 0 Å². The molecule has 0 radical (unpaired) electrons. The normalized spacial score (nSPS) is 17.7. The fourth-order valence-electron chi connectivity index (χ4n) is 1.64. The summed E-state index contributed by atoms with van der Waals surface area (Å²) in [5.41, 5.74) is 6.97. The third-order valence-corrected chi connectivity index (χ3v) is 3.27. The summed E-state index contributed by atoms with van der Waals surface area (Å²) in [5, 5.41) is 6.15. The van der Waals surface area contributed by atoms with Gasteiger partial charge < -0.3 is 10.3 Å². The molecule has 0 unspecified atom stereocenters. The molecule has 1 fully saturated rings. The minimum absolute atomic E-state index is 0.296. The Morgan fingerprint density at radius 3 is 2.94 bits per heavy atom. The zero-order chi connectivity index (χ0) is 12.7. The highest BCUT2D eigenvalue weighted by atomic mass is 32.2. The van der Waals surface area contributed by atoms with Crippen molar-refractivity contribution in [3.05, 3.63) is 28.7 Å².